The minimum absolute atomic E-state index is 0.855. The van der Waals surface area contributed by atoms with Crippen molar-refractivity contribution in [3.8, 4) is 0 Å². The first kappa shape index (κ1) is 7.15. The quantitative estimate of drug-likeness (QED) is 0.595. The predicted octanol–water partition coefficient (Wildman–Crippen LogP) is 0.538. The van der Waals surface area contributed by atoms with Gasteiger partial charge in [0.1, 0.15) is 0 Å². The molecule has 0 radical (unpaired) electrons. The van der Waals surface area contributed by atoms with E-state index in [1.807, 2.05) is 26.2 Å². The standard InChI is InChI=1S/C7H11N3/c1-10(2)6-7-4-3-5-8-9-7/h3-5H,6H2,1-2H3. The summed E-state index contributed by atoms with van der Waals surface area (Å²) in [4.78, 5) is 2.06. The lowest BCUT2D eigenvalue weighted by molar-refractivity contribution is 0.395. The van der Waals surface area contributed by atoms with Crippen molar-refractivity contribution >= 4 is 0 Å². The summed E-state index contributed by atoms with van der Waals surface area (Å²) in [6.07, 6.45) is 1.68. The van der Waals surface area contributed by atoms with Crippen LogP contribution >= 0.6 is 0 Å². The molecule has 0 unspecified atom stereocenters. The zero-order valence-electron chi connectivity index (χ0n) is 6.28. The van der Waals surface area contributed by atoms with Gasteiger partial charge in [-0.25, -0.2) is 0 Å². The number of hydrogen-bond donors (Lipinski definition) is 0. The van der Waals surface area contributed by atoms with E-state index in [0.29, 0.717) is 0 Å². The minimum atomic E-state index is 0.855. The zero-order chi connectivity index (χ0) is 7.40. The highest BCUT2D eigenvalue weighted by atomic mass is 15.1. The number of nitrogens with zero attached hydrogens (tertiary/aromatic N) is 3. The summed E-state index contributed by atoms with van der Waals surface area (Å²) in [7, 11) is 4.02. The van der Waals surface area contributed by atoms with Crippen molar-refractivity contribution in [3.63, 3.8) is 0 Å². The fraction of sp³-hybridized carbons (Fsp3) is 0.429. The monoisotopic (exact) mass is 137 g/mol. The van der Waals surface area contributed by atoms with Gasteiger partial charge in [0.15, 0.2) is 0 Å². The van der Waals surface area contributed by atoms with Crippen molar-refractivity contribution in [1.82, 2.24) is 15.1 Å². The summed E-state index contributed by atoms with van der Waals surface area (Å²) in [6, 6.07) is 3.86. The largest absolute Gasteiger partial charge is 0.304 e. The number of rotatable bonds is 2. The molecule has 0 amide bonds. The van der Waals surface area contributed by atoms with Gasteiger partial charge in [-0.15, -0.1) is 0 Å². The second kappa shape index (κ2) is 3.27. The molecule has 0 atom stereocenters. The minimum Gasteiger partial charge on any atom is -0.304 e. The normalized spacial score (nSPS) is 10.3. The summed E-state index contributed by atoms with van der Waals surface area (Å²) in [5.74, 6) is 0. The first-order chi connectivity index (χ1) is 4.79. The molecule has 0 bridgehead atoms. The van der Waals surface area contributed by atoms with E-state index < -0.39 is 0 Å². The van der Waals surface area contributed by atoms with Crippen LogP contribution in [0.4, 0.5) is 0 Å². The van der Waals surface area contributed by atoms with Crippen LogP contribution in [0, 0.1) is 0 Å². The van der Waals surface area contributed by atoms with Crippen LogP contribution in [0.5, 0.6) is 0 Å². The molecular weight excluding hydrogens is 126 g/mol. The molecule has 0 aliphatic carbocycles. The third-order valence-electron chi connectivity index (χ3n) is 1.11. The summed E-state index contributed by atoms with van der Waals surface area (Å²) in [5, 5.41) is 7.69. The Labute approximate surface area is 60.7 Å². The fourth-order valence-electron chi connectivity index (χ4n) is 0.742. The lowest BCUT2D eigenvalue weighted by Crippen LogP contribution is -2.11. The Kier molecular flexibility index (Phi) is 2.34. The van der Waals surface area contributed by atoms with Crippen LogP contribution in [-0.2, 0) is 6.54 Å². The second-order valence-electron chi connectivity index (χ2n) is 2.45. The first-order valence-corrected chi connectivity index (χ1v) is 3.20. The third kappa shape index (κ3) is 2.11. The smallest absolute Gasteiger partial charge is 0.0771 e. The molecule has 0 aromatic carbocycles. The summed E-state index contributed by atoms with van der Waals surface area (Å²) >= 11 is 0. The molecule has 10 heavy (non-hydrogen) atoms. The highest BCUT2D eigenvalue weighted by Crippen LogP contribution is 1.93. The molecule has 54 valence electrons. The first-order valence-electron chi connectivity index (χ1n) is 3.20. The van der Waals surface area contributed by atoms with Gasteiger partial charge in [-0.05, 0) is 26.2 Å². The highest BCUT2D eigenvalue weighted by molar-refractivity contribution is 4.98. The predicted molar refractivity (Wildman–Crippen MR) is 39.4 cm³/mol. The fourth-order valence-corrected chi connectivity index (χ4v) is 0.742. The van der Waals surface area contributed by atoms with E-state index in [2.05, 4.69) is 15.1 Å². The Hall–Kier alpha value is -0.960. The molecule has 0 saturated heterocycles. The van der Waals surface area contributed by atoms with Crippen molar-refractivity contribution in [2.45, 2.75) is 6.54 Å². The van der Waals surface area contributed by atoms with Crippen molar-refractivity contribution in [3.05, 3.63) is 24.0 Å². The van der Waals surface area contributed by atoms with Gasteiger partial charge in [-0.2, -0.15) is 10.2 Å². The molecule has 0 saturated carbocycles. The van der Waals surface area contributed by atoms with Gasteiger partial charge < -0.3 is 4.90 Å². The molecular formula is C7H11N3. The van der Waals surface area contributed by atoms with Gasteiger partial charge >= 0.3 is 0 Å². The maximum absolute atomic E-state index is 3.93. The van der Waals surface area contributed by atoms with Gasteiger partial charge in [-0.3, -0.25) is 0 Å². The van der Waals surface area contributed by atoms with E-state index in [9.17, 15) is 0 Å². The van der Waals surface area contributed by atoms with Crippen LogP contribution < -0.4 is 0 Å². The van der Waals surface area contributed by atoms with Crippen LogP contribution in [0.15, 0.2) is 18.3 Å². The molecule has 0 aliphatic rings. The van der Waals surface area contributed by atoms with E-state index in [0.717, 1.165) is 12.2 Å². The SMILES string of the molecule is CN(C)Cc1cccnn1. The molecule has 0 fully saturated rings. The van der Waals surface area contributed by atoms with Crippen LogP contribution in [0.1, 0.15) is 5.69 Å². The molecule has 0 N–H and O–H groups in total. The summed E-state index contributed by atoms with van der Waals surface area (Å²) in [6.45, 7) is 0.855. The van der Waals surface area contributed by atoms with Gasteiger partial charge in [0.2, 0.25) is 0 Å². The van der Waals surface area contributed by atoms with Gasteiger partial charge in [0.25, 0.3) is 0 Å². The summed E-state index contributed by atoms with van der Waals surface area (Å²) in [5.41, 5.74) is 1.01. The van der Waals surface area contributed by atoms with Crippen LogP contribution in [0.3, 0.4) is 0 Å². The molecule has 3 heteroatoms. The Morgan fingerprint density at radius 3 is 2.80 bits per heavy atom. The van der Waals surface area contributed by atoms with E-state index >= 15 is 0 Å². The van der Waals surface area contributed by atoms with Crippen molar-refractivity contribution in [2.24, 2.45) is 0 Å². The van der Waals surface area contributed by atoms with Gasteiger partial charge in [0, 0.05) is 12.7 Å². The summed E-state index contributed by atoms with van der Waals surface area (Å²) < 4.78 is 0. The lowest BCUT2D eigenvalue weighted by Gasteiger charge is -2.06. The number of aromatic nitrogens is 2. The van der Waals surface area contributed by atoms with Crippen LogP contribution in [-0.4, -0.2) is 29.2 Å². The maximum atomic E-state index is 3.93. The highest BCUT2D eigenvalue weighted by Gasteiger charge is 1.93. The van der Waals surface area contributed by atoms with E-state index in [1.54, 1.807) is 6.20 Å². The molecule has 0 aliphatic heterocycles. The Morgan fingerprint density at radius 2 is 2.30 bits per heavy atom. The molecule has 1 aromatic heterocycles. The van der Waals surface area contributed by atoms with E-state index in [1.165, 1.54) is 0 Å². The van der Waals surface area contributed by atoms with Crippen molar-refractivity contribution in [1.29, 1.82) is 0 Å². The topological polar surface area (TPSA) is 29.0 Å². The second-order valence-corrected chi connectivity index (χ2v) is 2.45. The van der Waals surface area contributed by atoms with Crippen LogP contribution in [0.2, 0.25) is 0 Å². The van der Waals surface area contributed by atoms with E-state index in [-0.39, 0.29) is 0 Å². The van der Waals surface area contributed by atoms with E-state index in [4.69, 9.17) is 0 Å². The average molecular weight is 137 g/mol. The number of hydrogen-bond acceptors (Lipinski definition) is 3. The Balaban J connectivity index is 2.59. The Bertz CT molecular complexity index is 183. The third-order valence-corrected chi connectivity index (χ3v) is 1.11. The maximum Gasteiger partial charge on any atom is 0.0771 e. The van der Waals surface area contributed by atoms with Gasteiger partial charge in [-0.1, -0.05) is 0 Å². The van der Waals surface area contributed by atoms with Crippen molar-refractivity contribution in [2.75, 3.05) is 14.1 Å². The molecule has 0 spiro atoms. The average Bonchev–Trinajstić information content (AvgIpc) is 1.88. The molecule has 1 aromatic rings. The zero-order valence-corrected chi connectivity index (χ0v) is 6.28. The molecule has 3 nitrogen and oxygen atoms in total. The molecule has 1 rings (SSSR count). The molecule has 1 heterocycles. The lowest BCUT2D eigenvalue weighted by atomic mass is 10.4. The van der Waals surface area contributed by atoms with Crippen LogP contribution in [0.25, 0.3) is 0 Å². The Morgan fingerprint density at radius 1 is 1.50 bits per heavy atom. The van der Waals surface area contributed by atoms with Gasteiger partial charge in [0.05, 0.1) is 5.69 Å². The van der Waals surface area contributed by atoms with Crippen molar-refractivity contribution < 1.29 is 0 Å².